The minimum Gasteiger partial charge on any atom is -0.496 e. The molecule has 0 aliphatic carbocycles. The minimum absolute atomic E-state index is 0.0290. The zero-order valence-electron chi connectivity index (χ0n) is 15.8. The highest BCUT2D eigenvalue weighted by Crippen LogP contribution is 2.29. The van der Waals surface area contributed by atoms with Gasteiger partial charge in [-0.3, -0.25) is 9.78 Å². The van der Waals surface area contributed by atoms with Crippen molar-refractivity contribution in [1.82, 2.24) is 25.1 Å². The van der Waals surface area contributed by atoms with Crippen LogP contribution in [-0.4, -0.2) is 51.2 Å². The first-order valence-corrected chi connectivity index (χ1v) is 9.15. The minimum atomic E-state index is 0.0290. The molecule has 3 aromatic rings. The molecule has 4 rings (SSSR count). The van der Waals surface area contributed by atoms with E-state index >= 15 is 0 Å². The van der Waals surface area contributed by atoms with E-state index in [0.717, 1.165) is 23.3 Å². The van der Waals surface area contributed by atoms with Crippen molar-refractivity contribution >= 4 is 5.91 Å². The fraction of sp³-hybridized carbons (Fsp3) is 0.350. The molecule has 8 nitrogen and oxygen atoms in total. The van der Waals surface area contributed by atoms with Gasteiger partial charge in [-0.2, -0.15) is 0 Å². The van der Waals surface area contributed by atoms with Gasteiger partial charge in [-0.15, -0.1) is 10.2 Å². The van der Waals surface area contributed by atoms with Crippen LogP contribution in [0.1, 0.15) is 29.4 Å². The van der Waals surface area contributed by atoms with Crippen LogP contribution >= 0.6 is 0 Å². The number of aromatic nitrogens is 4. The van der Waals surface area contributed by atoms with Gasteiger partial charge in [-0.25, -0.2) is 4.98 Å². The molecule has 0 N–H and O–H groups in total. The molecule has 3 heterocycles. The van der Waals surface area contributed by atoms with Crippen LogP contribution in [-0.2, 0) is 11.2 Å². The number of hydrogen-bond donors (Lipinski definition) is 0. The van der Waals surface area contributed by atoms with E-state index in [-0.39, 0.29) is 11.8 Å². The Bertz CT molecular complexity index is 973. The van der Waals surface area contributed by atoms with Crippen LogP contribution in [0.4, 0.5) is 0 Å². The van der Waals surface area contributed by atoms with Gasteiger partial charge in [0, 0.05) is 31.0 Å². The molecule has 1 atom stereocenters. The Morgan fingerprint density at radius 3 is 3.00 bits per heavy atom. The van der Waals surface area contributed by atoms with Crippen molar-refractivity contribution in [3.63, 3.8) is 0 Å². The second-order valence-corrected chi connectivity index (χ2v) is 6.85. The summed E-state index contributed by atoms with van der Waals surface area (Å²) in [7, 11) is 1.62. The molecule has 144 valence electrons. The Morgan fingerprint density at radius 2 is 2.21 bits per heavy atom. The first kappa shape index (κ1) is 18.1. The average molecular weight is 379 g/mol. The van der Waals surface area contributed by atoms with Gasteiger partial charge in [0.05, 0.1) is 25.6 Å². The van der Waals surface area contributed by atoms with E-state index in [1.165, 1.54) is 0 Å². The Morgan fingerprint density at radius 1 is 1.32 bits per heavy atom. The predicted octanol–water partition coefficient (Wildman–Crippen LogP) is 2.40. The summed E-state index contributed by atoms with van der Waals surface area (Å²) in [5.74, 6) is 1.71. The number of nitrogens with zero attached hydrogens (tertiary/aromatic N) is 5. The summed E-state index contributed by atoms with van der Waals surface area (Å²) in [6.45, 7) is 3.24. The van der Waals surface area contributed by atoms with Crippen LogP contribution in [0.2, 0.25) is 0 Å². The quantitative estimate of drug-likeness (QED) is 0.672. The Kier molecular flexibility index (Phi) is 5.01. The van der Waals surface area contributed by atoms with Crippen molar-refractivity contribution in [3.05, 3.63) is 53.8 Å². The second-order valence-electron chi connectivity index (χ2n) is 6.85. The van der Waals surface area contributed by atoms with E-state index in [0.29, 0.717) is 37.0 Å². The molecule has 1 aromatic carbocycles. The van der Waals surface area contributed by atoms with E-state index in [4.69, 9.17) is 9.15 Å². The Hall–Kier alpha value is -3.29. The molecule has 2 aromatic heterocycles. The monoisotopic (exact) mass is 379 g/mol. The topological polar surface area (TPSA) is 94.2 Å². The second kappa shape index (κ2) is 7.75. The number of carbonyl (C=O) groups is 1. The average Bonchev–Trinajstić information content (AvgIpc) is 3.38. The maximum absolute atomic E-state index is 12.8. The van der Waals surface area contributed by atoms with Crippen molar-refractivity contribution in [2.45, 2.75) is 25.7 Å². The summed E-state index contributed by atoms with van der Waals surface area (Å²) in [6, 6.07) is 5.87. The number of benzene rings is 1. The summed E-state index contributed by atoms with van der Waals surface area (Å²) >= 11 is 0. The van der Waals surface area contributed by atoms with Gasteiger partial charge >= 0.3 is 0 Å². The number of carbonyl (C=O) groups excluding carboxylic acids is 1. The molecule has 1 amide bonds. The van der Waals surface area contributed by atoms with Gasteiger partial charge in [0.2, 0.25) is 11.8 Å². The summed E-state index contributed by atoms with van der Waals surface area (Å²) in [5, 5.41) is 8.21. The van der Waals surface area contributed by atoms with Gasteiger partial charge in [0.1, 0.15) is 11.4 Å². The normalized spacial score (nSPS) is 16.4. The molecule has 1 saturated heterocycles. The molecule has 0 radical (unpaired) electrons. The number of aryl methyl sites for hydroxylation is 1. The summed E-state index contributed by atoms with van der Waals surface area (Å²) in [4.78, 5) is 22.8. The first-order valence-electron chi connectivity index (χ1n) is 9.15. The van der Waals surface area contributed by atoms with Crippen molar-refractivity contribution in [2.75, 3.05) is 20.2 Å². The fourth-order valence-electron chi connectivity index (χ4n) is 3.42. The number of likely N-dealkylation sites (tertiary alicyclic amines) is 1. The highest BCUT2D eigenvalue weighted by molar-refractivity contribution is 5.80. The van der Waals surface area contributed by atoms with Gasteiger partial charge in [-0.1, -0.05) is 17.7 Å². The smallest absolute Gasteiger partial charge is 0.267 e. The van der Waals surface area contributed by atoms with Gasteiger partial charge in [0.15, 0.2) is 0 Å². The summed E-state index contributed by atoms with van der Waals surface area (Å²) in [6.07, 6.45) is 5.85. The van der Waals surface area contributed by atoms with Crippen LogP contribution in [0.25, 0.3) is 11.6 Å². The maximum Gasteiger partial charge on any atom is 0.267 e. The lowest BCUT2D eigenvalue weighted by atomic mass is 10.1. The van der Waals surface area contributed by atoms with Gasteiger partial charge in [0.25, 0.3) is 5.89 Å². The first-order chi connectivity index (χ1) is 13.6. The van der Waals surface area contributed by atoms with E-state index in [1.807, 2.05) is 30.0 Å². The van der Waals surface area contributed by atoms with Crippen molar-refractivity contribution in [2.24, 2.45) is 0 Å². The maximum atomic E-state index is 12.8. The van der Waals surface area contributed by atoms with Crippen LogP contribution in [0.15, 0.2) is 41.2 Å². The Balaban J connectivity index is 1.42. The standard InChI is InChI=1S/C20H21N5O3/c1-13-3-4-17(27-2)15(9-13)10-18(26)25-8-5-14(12-25)19-23-24-20(28-19)16-11-21-6-7-22-16/h3-4,6-7,9,11,14H,5,8,10,12H2,1-2H3/t14-/m1/s1. The van der Waals surface area contributed by atoms with E-state index in [2.05, 4.69) is 20.2 Å². The number of ether oxygens (including phenoxy) is 1. The van der Waals surface area contributed by atoms with Gasteiger partial charge < -0.3 is 14.1 Å². The van der Waals surface area contributed by atoms with Crippen molar-refractivity contribution < 1.29 is 13.9 Å². The zero-order valence-corrected chi connectivity index (χ0v) is 15.8. The van der Waals surface area contributed by atoms with Crippen molar-refractivity contribution in [3.8, 4) is 17.3 Å². The number of hydrogen-bond acceptors (Lipinski definition) is 7. The molecule has 8 heteroatoms. The third-order valence-corrected chi connectivity index (χ3v) is 4.89. The SMILES string of the molecule is COc1ccc(C)cc1CC(=O)N1CC[C@@H](c2nnc(-c3cnccn3)o2)C1. The lowest BCUT2D eigenvalue weighted by molar-refractivity contribution is -0.129. The van der Waals surface area contributed by atoms with E-state index in [1.54, 1.807) is 25.7 Å². The highest BCUT2D eigenvalue weighted by atomic mass is 16.5. The largest absolute Gasteiger partial charge is 0.496 e. The lowest BCUT2D eigenvalue weighted by Crippen LogP contribution is -2.30. The molecule has 0 unspecified atom stereocenters. The number of rotatable bonds is 5. The van der Waals surface area contributed by atoms with E-state index < -0.39 is 0 Å². The Labute approximate surface area is 162 Å². The third-order valence-electron chi connectivity index (χ3n) is 4.89. The molecular weight excluding hydrogens is 358 g/mol. The fourth-order valence-corrected chi connectivity index (χ4v) is 3.42. The zero-order chi connectivity index (χ0) is 19.5. The van der Waals surface area contributed by atoms with Crippen LogP contribution in [0.5, 0.6) is 5.75 Å². The van der Waals surface area contributed by atoms with Gasteiger partial charge in [-0.05, 0) is 19.4 Å². The molecule has 1 aliphatic rings. The van der Waals surface area contributed by atoms with Crippen molar-refractivity contribution in [1.29, 1.82) is 0 Å². The number of amides is 1. The molecular formula is C20H21N5O3. The highest BCUT2D eigenvalue weighted by Gasteiger charge is 2.31. The molecule has 0 bridgehead atoms. The van der Waals surface area contributed by atoms with Crippen LogP contribution in [0, 0.1) is 6.92 Å². The van der Waals surface area contributed by atoms with Crippen LogP contribution in [0.3, 0.4) is 0 Å². The van der Waals surface area contributed by atoms with Crippen LogP contribution < -0.4 is 4.74 Å². The summed E-state index contributed by atoms with van der Waals surface area (Å²) in [5.41, 5.74) is 2.54. The summed E-state index contributed by atoms with van der Waals surface area (Å²) < 4.78 is 11.2. The number of methoxy groups -OCH3 is 1. The molecule has 0 spiro atoms. The molecule has 1 fully saturated rings. The molecule has 28 heavy (non-hydrogen) atoms. The van der Waals surface area contributed by atoms with E-state index in [9.17, 15) is 4.79 Å². The molecule has 1 aliphatic heterocycles. The predicted molar refractivity (Wildman–Crippen MR) is 101 cm³/mol. The lowest BCUT2D eigenvalue weighted by Gasteiger charge is -2.17. The third kappa shape index (κ3) is 3.71. The molecule has 0 saturated carbocycles.